The second kappa shape index (κ2) is 9.12. The smallest absolute Gasteiger partial charge is 0.149 e. The second-order valence-electron chi connectivity index (χ2n) is 9.10. The van der Waals surface area contributed by atoms with Crippen LogP contribution in [0.2, 0.25) is 0 Å². The highest BCUT2D eigenvalue weighted by atomic mass is 19.1. The van der Waals surface area contributed by atoms with Gasteiger partial charge in [0.1, 0.15) is 23.2 Å². The van der Waals surface area contributed by atoms with Crippen LogP contribution in [0, 0.1) is 18.7 Å². The van der Waals surface area contributed by atoms with E-state index < -0.39 is 0 Å². The number of aromatic nitrogens is 2. The Kier molecular flexibility index (Phi) is 6.07. The van der Waals surface area contributed by atoms with E-state index in [0.29, 0.717) is 17.5 Å². The molecule has 5 nitrogen and oxygen atoms in total. The van der Waals surface area contributed by atoms with Crippen LogP contribution in [0.3, 0.4) is 0 Å². The molecule has 1 N–H and O–H groups in total. The zero-order chi connectivity index (χ0) is 22.1. The fourth-order valence-electron chi connectivity index (χ4n) is 5.58. The molecule has 6 heteroatoms. The number of aliphatic hydroxyl groups is 1. The molecule has 2 aromatic heterocycles. The number of ether oxygens (including phenoxy) is 1. The van der Waals surface area contributed by atoms with Crippen molar-refractivity contribution >= 4 is 10.9 Å². The van der Waals surface area contributed by atoms with E-state index in [2.05, 4.69) is 20.9 Å². The first-order chi connectivity index (χ1) is 15.6. The Morgan fingerprint density at radius 3 is 2.91 bits per heavy atom. The number of rotatable bonds is 5. The van der Waals surface area contributed by atoms with Crippen molar-refractivity contribution in [1.82, 2.24) is 14.9 Å². The standard InChI is InChI=1S/C26H30FN3O2/c1-17-14-25(20-8-4-9-21(27)26(20)29-17)32-24-11-13-30(23-10-3-2-7-19(23)24)15-18-6-5-12-28-22(18)16-31/h4-6,8-9,12,14,19,23-24,31H,2-3,7,10-11,13,15-16H2,1H3. The van der Waals surface area contributed by atoms with E-state index in [9.17, 15) is 9.50 Å². The first kappa shape index (κ1) is 21.3. The molecule has 0 radical (unpaired) electrons. The summed E-state index contributed by atoms with van der Waals surface area (Å²) in [5, 5.41) is 10.4. The van der Waals surface area contributed by atoms with Gasteiger partial charge in [0, 0.05) is 48.4 Å². The molecule has 1 aromatic carbocycles. The molecular weight excluding hydrogens is 405 g/mol. The number of aryl methyl sites for hydroxylation is 1. The third-order valence-corrected chi connectivity index (χ3v) is 7.10. The van der Waals surface area contributed by atoms with Gasteiger partial charge in [0.25, 0.3) is 0 Å². The highest BCUT2D eigenvalue weighted by molar-refractivity contribution is 5.85. The molecular formula is C26H30FN3O2. The summed E-state index contributed by atoms with van der Waals surface area (Å²) in [6, 6.07) is 11.5. The number of likely N-dealkylation sites (tertiary alicyclic amines) is 1. The Hall–Kier alpha value is -2.57. The van der Waals surface area contributed by atoms with Crippen LogP contribution in [0.5, 0.6) is 5.75 Å². The van der Waals surface area contributed by atoms with Crippen LogP contribution in [-0.4, -0.2) is 38.7 Å². The molecule has 2 fully saturated rings. The number of aliphatic hydroxyl groups excluding tert-OH is 1. The lowest BCUT2D eigenvalue weighted by Crippen LogP contribution is -2.53. The van der Waals surface area contributed by atoms with Crippen molar-refractivity contribution in [3.8, 4) is 5.75 Å². The molecule has 1 aliphatic heterocycles. The first-order valence-corrected chi connectivity index (χ1v) is 11.6. The highest BCUT2D eigenvalue weighted by Crippen LogP contribution is 2.39. The van der Waals surface area contributed by atoms with Crippen LogP contribution < -0.4 is 4.74 Å². The van der Waals surface area contributed by atoms with Crippen molar-refractivity contribution in [3.63, 3.8) is 0 Å². The number of fused-ring (bicyclic) bond motifs is 2. The molecule has 1 saturated carbocycles. The third kappa shape index (κ3) is 4.09. The maximum Gasteiger partial charge on any atom is 0.149 e. The summed E-state index contributed by atoms with van der Waals surface area (Å²) >= 11 is 0. The minimum atomic E-state index is -0.308. The van der Waals surface area contributed by atoms with Crippen LogP contribution >= 0.6 is 0 Å². The van der Waals surface area contributed by atoms with E-state index >= 15 is 0 Å². The molecule has 32 heavy (non-hydrogen) atoms. The summed E-state index contributed by atoms with van der Waals surface area (Å²) in [6.45, 7) is 3.59. The molecule has 5 rings (SSSR count). The molecule has 0 amide bonds. The molecule has 3 unspecified atom stereocenters. The Labute approximate surface area is 188 Å². The molecule has 0 spiro atoms. The van der Waals surface area contributed by atoms with Crippen LogP contribution in [0.1, 0.15) is 49.1 Å². The summed E-state index contributed by atoms with van der Waals surface area (Å²) < 4.78 is 21.0. The maximum absolute atomic E-state index is 14.4. The monoisotopic (exact) mass is 435 g/mol. The number of nitrogens with zero attached hydrogens (tertiary/aromatic N) is 3. The minimum absolute atomic E-state index is 0.0329. The van der Waals surface area contributed by atoms with Crippen molar-refractivity contribution in [1.29, 1.82) is 0 Å². The van der Waals surface area contributed by atoms with Gasteiger partial charge in [-0.25, -0.2) is 9.37 Å². The molecule has 1 aliphatic carbocycles. The van der Waals surface area contributed by atoms with Crippen molar-refractivity contribution < 1.29 is 14.2 Å². The van der Waals surface area contributed by atoms with Crippen molar-refractivity contribution in [2.75, 3.05) is 6.54 Å². The molecule has 3 atom stereocenters. The van der Waals surface area contributed by atoms with Crippen LogP contribution in [0.15, 0.2) is 42.6 Å². The van der Waals surface area contributed by atoms with E-state index in [4.69, 9.17) is 4.74 Å². The number of piperidine rings is 1. The van der Waals surface area contributed by atoms with E-state index in [1.54, 1.807) is 12.3 Å². The summed E-state index contributed by atoms with van der Waals surface area (Å²) in [4.78, 5) is 11.3. The number of benzene rings is 1. The molecule has 0 bridgehead atoms. The Morgan fingerprint density at radius 1 is 1.16 bits per heavy atom. The van der Waals surface area contributed by atoms with Crippen LogP contribution in [0.4, 0.5) is 4.39 Å². The van der Waals surface area contributed by atoms with Crippen molar-refractivity contribution in [3.05, 3.63) is 65.4 Å². The van der Waals surface area contributed by atoms with Gasteiger partial charge in [-0.1, -0.05) is 25.0 Å². The normalized spacial score (nSPS) is 23.8. The molecule has 3 heterocycles. The van der Waals surface area contributed by atoms with E-state index in [0.717, 1.165) is 60.4 Å². The lowest BCUT2D eigenvalue weighted by Gasteiger charge is -2.48. The van der Waals surface area contributed by atoms with Gasteiger partial charge in [0.2, 0.25) is 0 Å². The lowest BCUT2D eigenvalue weighted by molar-refractivity contribution is -0.0270. The van der Waals surface area contributed by atoms with E-state index in [1.807, 2.05) is 25.1 Å². The van der Waals surface area contributed by atoms with Gasteiger partial charge in [-0.2, -0.15) is 0 Å². The van der Waals surface area contributed by atoms with Gasteiger partial charge >= 0.3 is 0 Å². The predicted molar refractivity (Wildman–Crippen MR) is 122 cm³/mol. The molecule has 168 valence electrons. The van der Waals surface area contributed by atoms with Crippen LogP contribution in [-0.2, 0) is 13.2 Å². The minimum Gasteiger partial charge on any atom is -0.489 e. The third-order valence-electron chi connectivity index (χ3n) is 7.10. The topological polar surface area (TPSA) is 58.5 Å². The summed E-state index contributed by atoms with van der Waals surface area (Å²) in [6.07, 6.45) is 7.51. The number of hydrogen-bond acceptors (Lipinski definition) is 5. The van der Waals surface area contributed by atoms with Crippen LogP contribution in [0.25, 0.3) is 10.9 Å². The number of para-hydroxylation sites is 1. The van der Waals surface area contributed by atoms with Gasteiger partial charge in [-0.15, -0.1) is 0 Å². The van der Waals surface area contributed by atoms with Crippen molar-refractivity contribution in [2.24, 2.45) is 5.92 Å². The van der Waals surface area contributed by atoms with Crippen molar-refractivity contribution in [2.45, 2.75) is 64.3 Å². The second-order valence-corrected chi connectivity index (χ2v) is 9.10. The highest BCUT2D eigenvalue weighted by Gasteiger charge is 2.40. The zero-order valence-electron chi connectivity index (χ0n) is 18.5. The van der Waals surface area contributed by atoms with Gasteiger partial charge < -0.3 is 9.84 Å². The van der Waals surface area contributed by atoms with E-state index in [1.165, 1.54) is 18.9 Å². The van der Waals surface area contributed by atoms with Gasteiger partial charge in [0.05, 0.1) is 12.3 Å². The number of halogens is 1. The Bertz CT molecular complexity index is 1110. The quantitative estimate of drug-likeness (QED) is 0.625. The SMILES string of the molecule is Cc1cc(OC2CCN(Cc3cccnc3CO)C3CCCCC23)c2cccc(F)c2n1. The maximum atomic E-state index is 14.4. The number of hydrogen-bond donors (Lipinski definition) is 1. The fourth-order valence-corrected chi connectivity index (χ4v) is 5.58. The number of pyridine rings is 2. The van der Waals surface area contributed by atoms with E-state index in [-0.39, 0.29) is 18.5 Å². The van der Waals surface area contributed by atoms with Gasteiger partial charge in [-0.05, 0) is 49.9 Å². The Balaban J connectivity index is 1.40. The summed E-state index contributed by atoms with van der Waals surface area (Å²) in [5.74, 6) is 0.867. The molecule has 3 aromatic rings. The van der Waals surface area contributed by atoms with Gasteiger partial charge in [0.15, 0.2) is 0 Å². The lowest BCUT2D eigenvalue weighted by atomic mass is 9.76. The molecule has 1 saturated heterocycles. The van der Waals surface area contributed by atoms with Gasteiger partial charge in [-0.3, -0.25) is 9.88 Å². The fraction of sp³-hybridized carbons (Fsp3) is 0.462. The summed E-state index contributed by atoms with van der Waals surface area (Å²) in [7, 11) is 0. The average molecular weight is 436 g/mol. The largest absolute Gasteiger partial charge is 0.489 e. The zero-order valence-corrected chi connectivity index (χ0v) is 18.5. The predicted octanol–water partition coefficient (Wildman–Crippen LogP) is 4.78. The summed E-state index contributed by atoms with van der Waals surface area (Å²) in [5.41, 5.74) is 3.01. The average Bonchev–Trinajstić information content (AvgIpc) is 2.81. The first-order valence-electron chi connectivity index (χ1n) is 11.6. The molecule has 2 aliphatic rings. The Morgan fingerprint density at radius 2 is 2.03 bits per heavy atom.